The number of alkyl carbamates (subject to hydrolysis) is 1. The average Bonchev–Trinajstić information content (AvgIpc) is 2.57. The van der Waals surface area contributed by atoms with E-state index in [1.54, 1.807) is 0 Å². The van der Waals surface area contributed by atoms with Crippen molar-refractivity contribution in [3.63, 3.8) is 0 Å². The molecular weight excluding hydrogens is 206 g/mol. The van der Waals surface area contributed by atoms with E-state index in [0.717, 1.165) is 12.8 Å². The average molecular weight is 225 g/mol. The Morgan fingerprint density at radius 2 is 2.06 bits per heavy atom. The minimum atomic E-state index is -0.480. The number of carbonyl (C=O) groups excluding carboxylic acids is 2. The van der Waals surface area contributed by atoms with Crippen LogP contribution < -0.4 is 5.32 Å². The third-order valence-corrected chi connectivity index (χ3v) is 3.27. The molecule has 4 heteroatoms. The maximum absolute atomic E-state index is 11.6. The monoisotopic (exact) mass is 225 g/mol. The third-order valence-electron chi connectivity index (χ3n) is 3.27. The van der Waals surface area contributed by atoms with Crippen molar-refractivity contribution in [2.24, 2.45) is 11.8 Å². The van der Waals surface area contributed by atoms with Crippen molar-refractivity contribution in [2.75, 3.05) is 0 Å². The number of Topliss-reactive ketones (excluding diaryl/α,β-unsaturated/α-hetero) is 1. The summed E-state index contributed by atoms with van der Waals surface area (Å²) in [6.45, 7) is 5.50. The van der Waals surface area contributed by atoms with Gasteiger partial charge >= 0.3 is 6.09 Å². The molecule has 1 amide bonds. The van der Waals surface area contributed by atoms with Gasteiger partial charge < -0.3 is 10.1 Å². The molecule has 0 aromatic carbocycles. The molecule has 0 heterocycles. The van der Waals surface area contributed by atoms with Gasteiger partial charge in [0.05, 0.1) is 0 Å². The lowest BCUT2D eigenvalue weighted by atomic mass is 9.94. The Morgan fingerprint density at radius 3 is 2.56 bits per heavy atom. The van der Waals surface area contributed by atoms with Gasteiger partial charge in [0.1, 0.15) is 11.4 Å². The van der Waals surface area contributed by atoms with Gasteiger partial charge in [-0.2, -0.15) is 0 Å². The summed E-state index contributed by atoms with van der Waals surface area (Å²) in [5, 5.41) is 2.82. The van der Waals surface area contributed by atoms with Crippen LogP contribution in [0, 0.1) is 11.8 Å². The van der Waals surface area contributed by atoms with Crippen molar-refractivity contribution >= 4 is 11.9 Å². The number of amides is 1. The van der Waals surface area contributed by atoms with Crippen LogP contribution in [0.2, 0.25) is 0 Å². The first-order valence-electron chi connectivity index (χ1n) is 5.87. The quantitative estimate of drug-likeness (QED) is 0.741. The zero-order valence-electron chi connectivity index (χ0n) is 10.1. The van der Waals surface area contributed by atoms with Gasteiger partial charge in [0.2, 0.25) is 0 Å². The predicted molar refractivity (Wildman–Crippen MR) is 59.0 cm³/mol. The largest absolute Gasteiger partial charge is 0.444 e. The molecule has 0 saturated heterocycles. The molecule has 2 aliphatic rings. The molecule has 2 aliphatic carbocycles. The third kappa shape index (κ3) is 2.36. The number of hydrogen-bond acceptors (Lipinski definition) is 3. The molecule has 0 aromatic heterocycles. The number of hydrogen-bond donors (Lipinski definition) is 1. The normalized spacial score (nSPS) is 32.9. The fourth-order valence-electron chi connectivity index (χ4n) is 2.72. The summed E-state index contributed by atoms with van der Waals surface area (Å²) in [6.07, 6.45) is 2.17. The van der Waals surface area contributed by atoms with Gasteiger partial charge in [-0.1, -0.05) is 0 Å². The van der Waals surface area contributed by atoms with Gasteiger partial charge in [-0.05, 0) is 39.5 Å². The minimum absolute atomic E-state index is 0.00102. The molecule has 4 nitrogen and oxygen atoms in total. The van der Waals surface area contributed by atoms with Crippen molar-refractivity contribution in [1.82, 2.24) is 5.32 Å². The highest BCUT2D eigenvalue weighted by Crippen LogP contribution is 2.42. The number of carbonyl (C=O) groups is 2. The molecule has 2 bridgehead atoms. The van der Waals surface area contributed by atoms with E-state index in [1.807, 2.05) is 20.8 Å². The molecule has 0 aromatic rings. The lowest BCUT2D eigenvalue weighted by Gasteiger charge is -2.25. The Morgan fingerprint density at radius 1 is 1.38 bits per heavy atom. The van der Waals surface area contributed by atoms with Crippen LogP contribution >= 0.6 is 0 Å². The zero-order chi connectivity index (χ0) is 11.9. The number of ketones is 1. The van der Waals surface area contributed by atoms with Crippen LogP contribution in [0.15, 0.2) is 0 Å². The molecule has 2 fully saturated rings. The van der Waals surface area contributed by atoms with E-state index in [-0.39, 0.29) is 12.0 Å². The molecule has 3 atom stereocenters. The van der Waals surface area contributed by atoms with Gasteiger partial charge in [0.25, 0.3) is 0 Å². The lowest BCUT2D eigenvalue weighted by Crippen LogP contribution is -2.43. The molecule has 0 aliphatic heterocycles. The Labute approximate surface area is 95.7 Å². The Kier molecular flexibility index (Phi) is 2.68. The molecule has 1 N–H and O–H groups in total. The van der Waals surface area contributed by atoms with Crippen molar-refractivity contribution in [3.05, 3.63) is 0 Å². The summed E-state index contributed by atoms with van der Waals surface area (Å²) >= 11 is 0. The summed E-state index contributed by atoms with van der Waals surface area (Å²) in [5.74, 6) is 0.826. The van der Waals surface area contributed by atoms with Gasteiger partial charge in [-0.3, -0.25) is 4.79 Å². The van der Waals surface area contributed by atoms with Crippen molar-refractivity contribution in [2.45, 2.75) is 51.7 Å². The Hall–Kier alpha value is -1.06. The fraction of sp³-hybridized carbons (Fsp3) is 0.833. The van der Waals surface area contributed by atoms with Crippen LogP contribution in [-0.2, 0) is 9.53 Å². The van der Waals surface area contributed by atoms with Crippen molar-refractivity contribution in [1.29, 1.82) is 0 Å². The second kappa shape index (κ2) is 3.75. The fourth-order valence-corrected chi connectivity index (χ4v) is 2.72. The SMILES string of the molecule is CC(C)(C)OC(=O)N[C@@H]1C[C@H]2CC(=O)[C@H]1C2. The first-order chi connectivity index (χ1) is 7.35. The smallest absolute Gasteiger partial charge is 0.407 e. The molecule has 90 valence electrons. The molecule has 2 saturated carbocycles. The number of ether oxygens (including phenoxy) is 1. The van der Waals surface area contributed by atoms with Crippen LogP contribution in [-0.4, -0.2) is 23.5 Å². The molecule has 2 rings (SSSR count). The summed E-state index contributed by atoms with van der Waals surface area (Å²) in [4.78, 5) is 23.1. The highest BCUT2D eigenvalue weighted by atomic mass is 16.6. The van der Waals surface area contributed by atoms with E-state index in [0.29, 0.717) is 18.1 Å². The summed E-state index contributed by atoms with van der Waals surface area (Å²) < 4.78 is 5.18. The van der Waals surface area contributed by atoms with Crippen LogP contribution in [0.3, 0.4) is 0 Å². The summed E-state index contributed by atoms with van der Waals surface area (Å²) in [5.41, 5.74) is -0.480. The first kappa shape index (κ1) is 11.4. The van der Waals surface area contributed by atoms with Crippen LogP contribution in [0.1, 0.15) is 40.0 Å². The highest BCUT2D eigenvalue weighted by Gasteiger charge is 2.46. The first-order valence-corrected chi connectivity index (χ1v) is 5.87. The van der Waals surface area contributed by atoms with E-state index in [1.165, 1.54) is 0 Å². The molecule has 16 heavy (non-hydrogen) atoms. The number of nitrogens with one attached hydrogen (secondary N) is 1. The van der Waals surface area contributed by atoms with Gasteiger partial charge in [-0.15, -0.1) is 0 Å². The van der Waals surface area contributed by atoms with E-state index in [9.17, 15) is 9.59 Å². The summed E-state index contributed by atoms with van der Waals surface area (Å²) in [6, 6.07) is 0.00102. The van der Waals surface area contributed by atoms with E-state index < -0.39 is 11.7 Å². The van der Waals surface area contributed by atoms with Crippen LogP contribution in [0.4, 0.5) is 4.79 Å². The second-order valence-corrected chi connectivity index (χ2v) is 5.87. The standard InChI is InChI=1S/C12H19NO3/c1-12(2,3)16-11(15)13-9-5-7-4-8(9)10(14)6-7/h7-9H,4-6H2,1-3H3,(H,13,15)/t7-,8-,9+/m0/s1. The Balaban J connectivity index is 1.87. The lowest BCUT2D eigenvalue weighted by molar-refractivity contribution is -0.122. The van der Waals surface area contributed by atoms with Crippen LogP contribution in [0.5, 0.6) is 0 Å². The molecule has 0 radical (unpaired) electrons. The Bertz CT molecular complexity index is 319. The van der Waals surface area contributed by atoms with Gasteiger partial charge in [-0.25, -0.2) is 4.79 Å². The number of rotatable bonds is 1. The highest BCUT2D eigenvalue weighted by molar-refractivity contribution is 5.86. The van der Waals surface area contributed by atoms with E-state index >= 15 is 0 Å². The molecular formula is C12H19NO3. The molecule has 0 unspecified atom stereocenters. The summed E-state index contributed by atoms with van der Waals surface area (Å²) in [7, 11) is 0. The maximum atomic E-state index is 11.6. The number of fused-ring (bicyclic) bond motifs is 2. The van der Waals surface area contributed by atoms with Crippen molar-refractivity contribution in [3.8, 4) is 0 Å². The minimum Gasteiger partial charge on any atom is -0.444 e. The van der Waals surface area contributed by atoms with Crippen LogP contribution in [0.25, 0.3) is 0 Å². The zero-order valence-corrected chi connectivity index (χ0v) is 10.1. The second-order valence-electron chi connectivity index (χ2n) is 5.87. The van der Waals surface area contributed by atoms with E-state index in [4.69, 9.17) is 4.74 Å². The van der Waals surface area contributed by atoms with Crippen molar-refractivity contribution < 1.29 is 14.3 Å². The molecule has 0 spiro atoms. The maximum Gasteiger partial charge on any atom is 0.407 e. The predicted octanol–water partition coefficient (Wildman–Crippen LogP) is 1.88. The topological polar surface area (TPSA) is 55.4 Å². The van der Waals surface area contributed by atoms with Gasteiger partial charge in [0, 0.05) is 18.4 Å². The van der Waals surface area contributed by atoms with Gasteiger partial charge in [0.15, 0.2) is 0 Å². The van der Waals surface area contributed by atoms with E-state index in [2.05, 4.69) is 5.32 Å².